The number of pyridine rings is 1. The van der Waals surface area contributed by atoms with E-state index in [0.717, 1.165) is 0 Å². The average molecular weight is 253 g/mol. The van der Waals surface area contributed by atoms with Gasteiger partial charge in [0.25, 0.3) is 0 Å². The third kappa shape index (κ3) is 4.08. The summed E-state index contributed by atoms with van der Waals surface area (Å²) in [6.45, 7) is -0.0922. The van der Waals surface area contributed by atoms with Crippen molar-refractivity contribution in [2.75, 3.05) is 6.61 Å². The summed E-state index contributed by atoms with van der Waals surface area (Å²) in [7, 11) is 0. The molecule has 0 bridgehead atoms. The second-order valence-electron chi connectivity index (χ2n) is 3.19. The molecule has 0 aliphatic carbocycles. The molecule has 0 saturated carbocycles. The maximum Gasteiger partial charge on any atom is 0.339 e. The number of primary amides is 1. The molecule has 96 valence electrons. The second-order valence-corrected chi connectivity index (χ2v) is 3.19. The van der Waals surface area contributed by atoms with Gasteiger partial charge in [-0.3, -0.25) is 15.1 Å². The number of rotatable bonds is 5. The van der Waals surface area contributed by atoms with Crippen molar-refractivity contribution in [1.29, 1.82) is 0 Å². The van der Waals surface area contributed by atoms with E-state index in [4.69, 9.17) is 15.6 Å². The van der Waals surface area contributed by atoms with Crippen molar-refractivity contribution in [2.45, 2.75) is 6.42 Å². The molecule has 0 aromatic carbocycles. The van der Waals surface area contributed by atoms with Crippen molar-refractivity contribution in [3.05, 3.63) is 24.0 Å². The van der Waals surface area contributed by atoms with Gasteiger partial charge in [-0.2, -0.15) is 0 Å². The number of amides is 3. The molecule has 0 unspecified atom stereocenters. The Morgan fingerprint density at radius 3 is 2.78 bits per heavy atom. The van der Waals surface area contributed by atoms with Gasteiger partial charge in [0.2, 0.25) is 5.91 Å². The topological polar surface area (TPSA) is 132 Å². The van der Waals surface area contributed by atoms with Crippen LogP contribution >= 0.6 is 0 Å². The van der Waals surface area contributed by atoms with Crippen molar-refractivity contribution in [3.63, 3.8) is 0 Å². The number of nitrogens with two attached hydrogens (primary N) is 1. The van der Waals surface area contributed by atoms with E-state index >= 15 is 0 Å². The summed E-state index contributed by atoms with van der Waals surface area (Å²) < 4.78 is 5.09. The second kappa shape index (κ2) is 6.18. The predicted molar refractivity (Wildman–Crippen MR) is 59.0 cm³/mol. The van der Waals surface area contributed by atoms with Crippen LogP contribution < -0.4 is 15.8 Å². The molecule has 1 rings (SSSR count). The SMILES string of the molecule is NC(=O)NC(=O)CCOc1cnccc1C(=O)O. The first kappa shape index (κ1) is 13.4. The van der Waals surface area contributed by atoms with Gasteiger partial charge in [-0.1, -0.05) is 0 Å². The number of carbonyl (C=O) groups is 3. The first-order valence-corrected chi connectivity index (χ1v) is 4.90. The molecule has 18 heavy (non-hydrogen) atoms. The molecule has 0 saturated heterocycles. The molecule has 0 aliphatic rings. The van der Waals surface area contributed by atoms with Crippen LogP contribution in [0.3, 0.4) is 0 Å². The molecule has 3 amide bonds. The monoisotopic (exact) mass is 253 g/mol. The maximum absolute atomic E-state index is 11.0. The number of ether oxygens (including phenoxy) is 1. The van der Waals surface area contributed by atoms with Crippen LogP contribution in [0.5, 0.6) is 5.75 Å². The fourth-order valence-corrected chi connectivity index (χ4v) is 1.13. The Kier molecular flexibility index (Phi) is 4.61. The van der Waals surface area contributed by atoms with Crippen LogP contribution in [-0.2, 0) is 4.79 Å². The van der Waals surface area contributed by atoms with Crippen LogP contribution in [0.2, 0.25) is 0 Å². The van der Waals surface area contributed by atoms with Gasteiger partial charge >= 0.3 is 12.0 Å². The number of imide groups is 1. The quantitative estimate of drug-likeness (QED) is 0.662. The minimum atomic E-state index is -1.16. The standard InChI is InChI=1S/C10H11N3O5/c11-10(17)13-8(14)2-4-18-7-5-12-3-1-6(7)9(15)16/h1,3,5H,2,4H2,(H,15,16)(H3,11,13,14,17). The summed E-state index contributed by atoms with van der Waals surface area (Å²) >= 11 is 0. The lowest BCUT2D eigenvalue weighted by Crippen LogP contribution is -2.35. The summed E-state index contributed by atoms with van der Waals surface area (Å²) in [5.74, 6) is -1.71. The first-order chi connectivity index (χ1) is 8.50. The number of aromatic carboxylic acids is 1. The van der Waals surface area contributed by atoms with Crippen molar-refractivity contribution < 1.29 is 24.2 Å². The maximum atomic E-state index is 11.0. The number of aromatic nitrogens is 1. The predicted octanol–water partition coefficient (Wildman–Crippen LogP) is -0.256. The molecule has 4 N–H and O–H groups in total. The highest BCUT2D eigenvalue weighted by atomic mass is 16.5. The van der Waals surface area contributed by atoms with E-state index in [1.54, 1.807) is 0 Å². The van der Waals surface area contributed by atoms with E-state index in [1.165, 1.54) is 18.5 Å². The van der Waals surface area contributed by atoms with Crippen molar-refractivity contribution in [1.82, 2.24) is 10.3 Å². The van der Waals surface area contributed by atoms with E-state index in [0.29, 0.717) is 0 Å². The van der Waals surface area contributed by atoms with Crippen LogP contribution in [0.25, 0.3) is 0 Å². The minimum absolute atomic E-state index is 0.0527. The average Bonchev–Trinajstić information content (AvgIpc) is 2.28. The molecule has 0 atom stereocenters. The summed E-state index contributed by atoms with van der Waals surface area (Å²) in [4.78, 5) is 35.9. The Hall–Kier alpha value is -2.64. The molecule has 0 fully saturated rings. The Bertz CT molecular complexity index is 474. The molecule has 8 nitrogen and oxygen atoms in total. The van der Waals surface area contributed by atoms with Crippen LogP contribution in [-0.4, -0.2) is 34.6 Å². The molecule has 1 aromatic heterocycles. The van der Waals surface area contributed by atoms with Gasteiger partial charge in [-0.15, -0.1) is 0 Å². The van der Waals surface area contributed by atoms with E-state index in [2.05, 4.69) is 4.98 Å². The van der Waals surface area contributed by atoms with Crippen LogP contribution in [0.4, 0.5) is 4.79 Å². The Balaban J connectivity index is 2.51. The van der Waals surface area contributed by atoms with Crippen LogP contribution in [0.15, 0.2) is 18.5 Å². The van der Waals surface area contributed by atoms with Gasteiger partial charge < -0.3 is 15.6 Å². The molecule has 8 heteroatoms. The van der Waals surface area contributed by atoms with Crippen molar-refractivity contribution >= 4 is 17.9 Å². The Morgan fingerprint density at radius 1 is 1.44 bits per heavy atom. The zero-order valence-electron chi connectivity index (χ0n) is 9.25. The van der Waals surface area contributed by atoms with Gasteiger partial charge in [0.15, 0.2) is 5.75 Å². The minimum Gasteiger partial charge on any atom is -0.491 e. The van der Waals surface area contributed by atoms with Crippen LogP contribution in [0.1, 0.15) is 16.8 Å². The third-order valence-corrected chi connectivity index (χ3v) is 1.86. The highest BCUT2D eigenvalue weighted by Gasteiger charge is 2.11. The number of carboxylic acids is 1. The molecule has 0 aliphatic heterocycles. The van der Waals surface area contributed by atoms with Crippen molar-refractivity contribution in [2.24, 2.45) is 5.73 Å². The smallest absolute Gasteiger partial charge is 0.339 e. The van der Waals surface area contributed by atoms with Crippen LogP contribution in [0, 0.1) is 0 Å². The molecule has 0 spiro atoms. The van der Waals surface area contributed by atoms with E-state index < -0.39 is 17.9 Å². The highest BCUT2D eigenvalue weighted by molar-refractivity contribution is 5.93. The van der Waals surface area contributed by atoms with E-state index in [-0.39, 0.29) is 24.3 Å². The zero-order chi connectivity index (χ0) is 13.5. The number of nitrogens with zero attached hydrogens (tertiary/aromatic N) is 1. The fourth-order valence-electron chi connectivity index (χ4n) is 1.13. The molecule has 1 aromatic rings. The molecule has 1 heterocycles. The third-order valence-electron chi connectivity index (χ3n) is 1.86. The largest absolute Gasteiger partial charge is 0.491 e. The lowest BCUT2D eigenvalue weighted by atomic mass is 10.2. The van der Waals surface area contributed by atoms with Crippen molar-refractivity contribution in [3.8, 4) is 5.75 Å². The lowest BCUT2D eigenvalue weighted by Gasteiger charge is -2.07. The molecular weight excluding hydrogens is 242 g/mol. The summed E-state index contributed by atoms with van der Waals surface area (Å²) in [5.41, 5.74) is 4.69. The number of hydrogen-bond acceptors (Lipinski definition) is 5. The summed E-state index contributed by atoms with van der Waals surface area (Å²) in [6.07, 6.45) is 2.42. The van der Waals surface area contributed by atoms with Gasteiger partial charge in [0, 0.05) is 6.20 Å². The number of hydrogen-bond donors (Lipinski definition) is 3. The highest BCUT2D eigenvalue weighted by Crippen LogP contribution is 2.16. The number of carbonyl (C=O) groups excluding carboxylic acids is 2. The summed E-state index contributed by atoms with van der Waals surface area (Å²) in [5, 5.41) is 10.7. The molecule has 0 radical (unpaired) electrons. The van der Waals surface area contributed by atoms with Gasteiger partial charge in [-0.25, -0.2) is 9.59 Å². The lowest BCUT2D eigenvalue weighted by molar-refractivity contribution is -0.120. The first-order valence-electron chi connectivity index (χ1n) is 4.90. The van der Waals surface area contributed by atoms with E-state index in [1.807, 2.05) is 5.32 Å². The normalized spacial score (nSPS) is 9.56. The Labute approximate surface area is 102 Å². The van der Waals surface area contributed by atoms with Gasteiger partial charge in [0.1, 0.15) is 5.56 Å². The van der Waals surface area contributed by atoms with Gasteiger partial charge in [-0.05, 0) is 6.07 Å². The Morgan fingerprint density at radius 2 is 2.17 bits per heavy atom. The number of carboxylic acid groups (broad SMARTS) is 1. The number of urea groups is 1. The number of nitrogens with one attached hydrogen (secondary N) is 1. The fraction of sp³-hybridized carbons (Fsp3) is 0.200. The molecular formula is C10H11N3O5. The zero-order valence-corrected chi connectivity index (χ0v) is 9.25. The van der Waals surface area contributed by atoms with E-state index in [9.17, 15) is 14.4 Å². The van der Waals surface area contributed by atoms with Gasteiger partial charge in [0.05, 0.1) is 19.2 Å². The summed E-state index contributed by atoms with van der Waals surface area (Å²) in [6, 6.07) is 0.328.